The molecule has 1 fully saturated rings. The summed E-state index contributed by atoms with van der Waals surface area (Å²) in [5.41, 5.74) is 2.16. The van der Waals surface area contributed by atoms with E-state index in [9.17, 15) is 8.78 Å². The lowest BCUT2D eigenvalue weighted by molar-refractivity contribution is 0.250. The molecule has 1 aliphatic heterocycles. The van der Waals surface area contributed by atoms with Crippen LogP contribution < -0.4 is 4.90 Å². The molecule has 0 atom stereocenters. The summed E-state index contributed by atoms with van der Waals surface area (Å²) in [5, 5.41) is 0. The monoisotopic (exact) mass is 436 g/mol. The lowest BCUT2D eigenvalue weighted by Crippen LogP contribution is -2.47. The predicted molar refractivity (Wildman–Crippen MR) is 124 cm³/mol. The van der Waals surface area contributed by atoms with Gasteiger partial charge >= 0.3 is 0 Å². The lowest BCUT2D eigenvalue weighted by atomic mass is 9.87. The number of halogens is 2. The topological polar surface area (TPSA) is 32.3 Å². The van der Waals surface area contributed by atoms with Crippen molar-refractivity contribution >= 4 is 5.95 Å². The standard InChI is InChI=1S/C26H30F2N4/c27-23-10-6-21(7-11-23)25(22-8-12-24(28)13-9-22)5-2-1-3-16-31-17-19-32(20-18-31)26-29-14-4-15-30-26/h4,6-15,25H,1-3,5,16-20H2. The highest BCUT2D eigenvalue weighted by molar-refractivity contribution is 5.33. The van der Waals surface area contributed by atoms with E-state index in [0.29, 0.717) is 0 Å². The van der Waals surface area contributed by atoms with Crippen LogP contribution in [0.3, 0.4) is 0 Å². The number of rotatable bonds is 9. The molecule has 0 amide bonds. The highest BCUT2D eigenvalue weighted by Crippen LogP contribution is 2.30. The SMILES string of the molecule is Fc1ccc(C(CCCCCN2CCN(c3ncccn3)CC2)c2ccc(F)cc2)cc1. The second-order valence-corrected chi connectivity index (χ2v) is 8.38. The third-order valence-corrected chi connectivity index (χ3v) is 6.22. The third kappa shape index (κ3) is 6.10. The van der Waals surface area contributed by atoms with Crippen LogP contribution in [0.2, 0.25) is 0 Å². The Labute approximate surface area is 188 Å². The van der Waals surface area contributed by atoms with E-state index in [1.54, 1.807) is 12.4 Å². The molecule has 168 valence electrons. The first kappa shape index (κ1) is 22.3. The van der Waals surface area contributed by atoms with Crippen LogP contribution >= 0.6 is 0 Å². The molecule has 0 N–H and O–H groups in total. The minimum atomic E-state index is -0.231. The van der Waals surface area contributed by atoms with Gasteiger partial charge in [0.25, 0.3) is 0 Å². The summed E-state index contributed by atoms with van der Waals surface area (Å²) in [5.74, 6) is 0.515. The van der Waals surface area contributed by atoms with Crippen LogP contribution in [0.1, 0.15) is 42.7 Å². The van der Waals surface area contributed by atoms with Crippen molar-refractivity contribution in [1.29, 1.82) is 0 Å². The normalized spacial score (nSPS) is 14.8. The molecule has 0 aliphatic carbocycles. The molecule has 1 aromatic heterocycles. The zero-order valence-corrected chi connectivity index (χ0v) is 18.3. The van der Waals surface area contributed by atoms with Crippen molar-refractivity contribution in [2.45, 2.75) is 31.6 Å². The van der Waals surface area contributed by atoms with Crippen molar-refractivity contribution in [2.75, 3.05) is 37.6 Å². The summed E-state index contributed by atoms with van der Waals surface area (Å²) < 4.78 is 26.8. The maximum Gasteiger partial charge on any atom is 0.225 e. The minimum Gasteiger partial charge on any atom is -0.338 e. The van der Waals surface area contributed by atoms with Gasteiger partial charge in [0.15, 0.2) is 0 Å². The van der Waals surface area contributed by atoms with E-state index in [0.717, 1.165) is 75.5 Å². The molecule has 4 rings (SSSR count). The van der Waals surface area contributed by atoms with Gasteiger partial charge in [0.1, 0.15) is 11.6 Å². The summed E-state index contributed by atoms with van der Waals surface area (Å²) in [7, 11) is 0. The van der Waals surface area contributed by atoms with Gasteiger partial charge in [-0.3, -0.25) is 4.90 Å². The number of hydrogen-bond acceptors (Lipinski definition) is 4. The first-order valence-electron chi connectivity index (χ1n) is 11.4. The summed E-state index contributed by atoms with van der Waals surface area (Å²) in [6.07, 6.45) is 7.93. The Morgan fingerprint density at radius 3 is 1.84 bits per heavy atom. The average molecular weight is 437 g/mol. The quantitative estimate of drug-likeness (QED) is 0.428. The Morgan fingerprint density at radius 2 is 1.28 bits per heavy atom. The van der Waals surface area contributed by atoms with E-state index in [2.05, 4.69) is 19.8 Å². The maximum absolute atomic E-state index is 13.4. The van der Waals surface area contributed by atoms with Gasteiger partial charge < -0.3 is 4.90 Å². The number of nitrogens with zero attached hydrogens (tertiary/aromatic N) is 4. The Balaban J connectivity index is 1.23. The third-order valence-electron chi connectivity index (χ3n) is 6.22. The van der Waals surface area contributed by atoms with E-state index >= 15 is 0 Å². The van der Waals surface area contributed by atoms with Crippen LogP contribution in [-0.4, -0.2) is 47.6 Å². The van der Waals surface area contributed by atoms with E-state index in [1.165, 1.54) is 24.3 Å². The second-order valence-electron chi connectivity index (χ2n) is 8.38. The smallest absolute Gasteiger partial charge is 0.225 e. The van der Waals surface area contributed by atoms with Gasteiger partial charge in [-0.2, -0.15) is 0 Å². The number of anilines is 1. The van der Waals surface area contributed by atoms with Crippen molar-refractivity contribution < 1.29 is 8.78 Å². The van der Waals surface area contributed by atoms with E-state index in [-0.39, 0.29) is 17.6 Å². The van der Waals surface area contributed by atoms with Gasteiger partial charge in [0, 0.05) is 44.5 Å². The van der Waals surface area contributed by atoms with Crippen molar-refractivity contribution in [3.63, 3.8) is 0 Å². The highest BCUT2D eigenvalue weighted by Gasteiger charge is 2.18. The molecular weight excluding hydrogens is 406 g/mol. The van der Waals surface area contributed by atoms with Crippen molar-refractivity contribution in [3.05, 3.63) is 89.8 Å². The Hall–Kier alpha value is -2.86. The molecule has 0 unspecified atom stereocenters. The zero-order valence-electron chi connectivity index (χ0n) is 18.3. The van der Waals surface area contributed by atoms with Crippen LogP contribution in [0.25, 0.3) is 0 Å². The lowest BCUT2D eigenvalue weighted by Gasteiger charge is -2.34. The average Bonchev–Trinajstić information content (AvgIpc) is 2.84. The number of unbranched alkanes of at least 4 members (excludes halogenated alkanes) is 2. The fourth-order valence-electron chi connectivity index (χ4n) is 4.40. The molecule has 3 aromatic rings. The molecule has 1 aliphatic rings. The van der Waals surface area contributed by atoms with E-state index in [1.807, 2.05) is 30.3 Å². The van der Waals surface area contributed by atoms with Crippen LogP contribution in [0.4, 0.5) is 14.7 Å². The van der Waals surface area contributed by atoms with Gasteiger partial charge in [-0.1, -0.05) is 37.1 Å². The van der Waals surface area contributed by atoms with Gasteiger partial charge in [0.05, 0.1) is 0 Å². The van der Waals surface area contributed by atoms with Gasteiger partial charge in [-0.25, -0.2) is 18.7 Å². The van der Waals surface area contributed by atoms with Crippen LogP contribution in [0.5, 0.6) is 0 Å². The molecule has 0 radical (unpaired) electrons. The maximum atomic E-state index is 13.4. The fourth-order valence-corrected chi connectivity index (χ4v) is 4.40. The molecule has 2 heterocycles. The Kier molecular flexibility index (Phi) is 7.77. The van der Waals surface area contributed by atoms with Gasteiger partial charge in [-0.05, 0) is 60.8 Å². The predicted octanol–water partition coefficient (Wildman–Crippen LogP) is 5.27. The largest absolute Gasteiger partial charge is 0.338 e. The molecule has 0 bridgehead atoms. The fraction of sp³-hybridized carbons (Fsp3) is 0.385. The Morgan fingerprint density at radius 1 is 0.719 bits per heavy atom. The molecule has 0 spiro atoms. The minimum absolute atomic E-state index is 0.158. The van der Waals surface area contributed by atoms with Crippen LogP contribution in [0, 0.1) is 11.6 Å². The Bertz CT molecular complexity index is 894. The molecule has 2 aromatic carbocycles. The first-order chi connectivity index (χ1) is 15.7. The summed E-state index contributed by atoms with van der Waals surface area (Å²) in [6, 6.07) is 15.3. The molecule has 1 saturated heterocycles. The number of piperazine rings is 1. The molecule has 0 saturated carbocycles. The van der Waals surface area contributed by atoms with Crippen LogP contribution in [0.15, 0.2) is 67.0 Å². The summed E-state index contributed by atoms with van der Waals surface area (Å²) in [4.78, 5) is 13.4. The van der Waals surface area contributed by atoms with E-state index < -0.39 is 0 Å². The highest BCUT2D eigenvalue weighted by atomic mass is 19.1. The van der Waals surface area contributed by atoms with Crippen molar-refractivity contribution in [3.8, 4) is 0 Å². The van der Waals surface area contributed by atoms with Crippen LogP contribution in [-0.2, 0) is 0 Å². The van der Waals surface area contributed by atoms with Crippen molar-refractivity contribution in [1.82, 2.24) is 14.9 Å². The second kappa shape index (κ2) is 11.1. The summed E-state index contributed by atoms with van der Waals surface area (Å²) >= 11 is 0. The first-order valence-corrected chi connectivity index (χ1v) is 11.4. The van der Waals surface area contributed by atoms with Crippen molar-refractivity contribution in [2.24, 2.45) is 0 Å². The van der Waals surface area contributed by atoms with E-state index in [4.69, 9.17) is 0 Å². The number of hydrogen-bond donors (Lipinski definition) is 0. The summed E-state index contributed by atoms with van der Waals surface area (Å²) in [6.45, 7) is 5.09. The molecule has 6 heteroatoms. The molecule has 4 nitrogen and oxygen atoms in total. The molecular formula is C26H30F2N4. The number of aromatic nitrogens is 2. The molecule has 32 heavy (non-hydrogen) atoms. The van der Waals surface area contributed by atoms with Gasteiger partial charge in [-0.15, -0.1) is 0 Å². The number of benzene rings is 2. The zero-order chi connectivity index (χ0) is 22.2. The van der Waals surface area contributed by atoms with Gasteiger partial charge in [0.2, 0.25) is 5.95 Å².